The second kappa shape index (κ2) is 4.81. The van der Waals surface area contributed by atoms with Gasteiger partial charge in [0.2, 0.25) is 0 Å². The van der Waals surface area contributed by atoms with E-state index in [0.717, 1.165) is 44.9 Å². The minimum Gasteiger partial charge on any atom is -0.393 e. The molecule has 0 saturated heterocycles. The first-order chi connectivity index (χ1) is 10.4. The number of hydrogen-bond acceptors (Lipinski definition) is 3. The van der Waals surface area contributed by atoms with Crippen LogP contribution in [0.3, 0.4) is 0 Å². The summed E-state index contributed by atoms with van der Waals surface area (Å²) < 4.78 is 0. The van der Waals surface area contributed by atoms with Crippen LogP contribution in [-0.2, 0) is 0 Å². The van der Waals surface area contributed by atoms with Gasteiger partial charge in [0.1, 0.15) is 0 Å². The summed E-state index contributed by atoms with van der Waals surface area (Å²) in [4.78, 5) is 0. The number of aliphatic hydroxyl groups excluding tert-OH is 1. The minimum absolute atomic E-state index is 0.0516. The third-order valence-corrected chi connectivity index (χ3v) is 7.73. The number of allylic oxidation sites excluding steroid dienone is 2. The summed E-state index contributed by atoms with van der Waals surface area (Å²) >= 11 is 0. The van der Waals surface area contributed by atoms with Gasteiger partial charge in [0, 0.05) is 5.92 Å². The molecule has 0 amide bonds. The van der Waals surface area contributed by atoms with E-state index in [1.807, 2.05) is 0 Å². The molecule has 3 N–H and O–H groups in total. The Morgan fingerprint density at radius 1 is 1.00 bits per heavy atom. The minimum atomic E-state index is -0.959. The second-order valence-electron chi connectivity index (χ2n) is 8.88. The summed E-state index contributed by atoms with van der Waals surface area (Å²) in [6, 6.07) is 0. The van der Waals surface area contributed by atoms with Crippen molar-refractivity contribution in [2.75, 3.05) is 0 Å². The number of aliphatic hydroxyl groups is 3. The highest BCUT2D eigenvalue weighted by Crippen LogP contribution is 2.61. The Labute approximate surface area is 133 Å². The molecule has 22 heavy (non-hydrogen) atoms. The van der Waals surface area contributed by atoms with Crippen molar-refractivity contribution in [3.05, 3.63) is 12.2 Å². The highest BCUT2D eigenvalue weighted by Gasteiger charge is 2.64. The van der Waals surface area contributed by atoms with Crippen LogP contribution in [0.25, 0.3) is 0 Å². The van der Waals surface area contributed by atoms with Crippen LogP contribution in [-0.4, -0.2) is 32.6 Å². The van der Waals surface area contributed by atoms with Crippen molar-refractivity contribution in [2.45, 2.75) is 82.0 Å². The predicted molar refractivity (Wildman–Crippen MR) is 85.2 cm³/mol. The second-order valence-corrected chi connectivity index (χ2v) is 8.88. The molecule has 0 aliphatic heterocycles. The van der Waals surface area contributed by atoms with E-state index in [9.17, 15) is 15.3 Å². The summed E-state index contributed by atoms with van der Waals surface area (Å²) in [5.41, 5.74) is -1.86. The van der Waals surface area contributed by atoms with Gasteiger partial charge in [-0.25, -0.2) is 0 Å². The largest absolute Gasteiger partial charge is 0.393 e. The summed E-state index contributed by atoms with van der Waals surface area (Å²) in [6.45, 7) is 2.25. The first kappa shape index (κ1) is 15.2. The van der Waals surface area contributed by atoms with Crippen molar-refractivity contribution in [3.8, 4) is 0 Å². The average Bonchev–Trinajstić information content (AvgIpc) is 2.82. The lowest BCUT2D eigenvalue weighted by Crippen LogP contribution is -2.64. The monoisotopic (exact) mass is 306 g/mol. The molecule has 3 heteroatoms. The van der Waals surface area contributed by atoms with Crippen LogP contribution >= 0.6 is 0 Å². The van der Waals surface area contributed by atoms with Crippen LogP contribution in [0, 0.1) is 23.2 Å². The SMILES string of the molecule is CC12C=CCC1[C@@]1(O)CCC3CCC(O)CC3CC1(O)CC2. The molecule has 6 unspecified atom stereocenters. The highest BCUT2D eigenvalue weighted by molar-refractivity contribution is 5.23. The fraction of sp³-hybridized carbons (Fsp3) is 0.895. The van der Waals surface area contributed by atoms with Crippen LogP contribution in [0.1, 0.15) is 64.7 Å². The van der Waals surface area contributed by atoms with E-state index < -0.39 is 11.2 Å². The maximum atomic E-state index is 11.6. The topological polar surface area (TPSA) is 60.7 Å². The normalized spacial score (nSPS) is 57.6. The van der Waals surface area contributed by atoms with E-state index in [1.54, 1.807) is 0 Å². The van der Waals surface area contributed by atoms with E-state index in [2.05, 4.69) is 19.1 Å². The first-order valence-electron chi connectivity index (χ1n) is 9.17. The Balaban J connectivity index is 1.68. The molecule has 0 heterocycles. The van der Waals surface area contributed by atoms with Crippen LogP contribution < -0.4 is 0 Å². The predicted octanol–water partition coefficient (Wildman–Crippen LogP) is 2.79. The lowest BCUT2D eigenvalue weighted by atomic mass is 9.54. The van der Waals surface area contributed by atoms with Gasteiger partial charge in [0.05, 0.1) is 17.3 Å². The lowest BCUT2D eigenvalue weighted by molar-refractivity contribution is -0.230. The fourth-order valence-corrected chi connectivity index (χ4v) is 6.33. The van der Waals surface area contributed by atoms with Gasteiger partial charge in [-0.15, -0.1) is 0 Å². The van der Waals surface area contributed by atoms with Gasteiger partial charge in [-0.1, -0.05) is 19.1 Å². The van der Waals surface area contributed by atoms with Gasteiger partial charge < -0.3 is 15.3 Å². The molecular formula is C19H30O3. The third-order valence-electron chi connectivity index (χ3n) is 7.73. The van der Waals surface area contributed by atoms with E-state index in [4.69, 9.17) is 0 Å². The smallest absolute Gasteiger partial charge is 0.0972 e. The summed E-state index contributed by atoms with van der Waals surface area (Å²) in [6.07, 6.45) is 12.0. The van der Waals surface area contributed by atoms with Gasteiger partial charge in [0.15, 0.2) is 0 Å². The van der Waals surface area contributed by atoms with Crippen molar-refractivity contribution in [1.82, 2.24) is 0 Å². The standard InChI is InChI=1S/C19H30O3/c1-17-7-2-3-16(17)19(22)8-6-13-4-5-15(20)11-14(13)12-18(19,21)10-9-17/h2,7,13-16,20-22H,3-6,8-12H2,1H3/t13?,14?,15?,16?,17?,18?,19-/m0/s1. The zero-order chi connectivity index (χ0) is 15.6. The van der Waals surface area contributed by atoms with Gasteiger partial charge in [-0.05, 0) is 75.0 Å². The first-order valence-corrected chi connectivity index (χ1v) is 9.17. The van der Waals surface area contributed by atoms with Crippen molar-refractivity contribution < 1.29 is 15.3 Å². The number of hydrogen-bond donors (Lipinski definition) is 3. The van der Waals surface area contributed by atoms with E-state index in [0.29, 0.717) is 24.7 Å². The fourth-order valence-electron chi connectivity index (χ4n) is 6.33. The Kier molecular flexibility index (Phi) is 3.32. The van der Waals surface area contributed by atoms with Gasteiger partial charge >= 0.3 is 0 Å². The zero-order valence-corrected chi connectivity index (χ0v) is 13.7. The van der Waals surface area contributed by atoms with Crippen molar-refractivity contribution in [2.24, 2.45) is 23.2 Å². The van der Waals surface area contributed by atoms with Crippen LogP contribution in [0.15, 0.2) is 12.2 Å². The van der Waals surface area contributed by atoms with E-state index >= 15 is 0 Å². The molecule has 0 spiro atoms. The Hall–Kier alpha value is -0.380. The van der Waals surface area contributed by atoms with Gasteiger partial charge in [0.25, 0.3) is 0 Å². The van der Waals surface area contributed by atoms with Crippen LogP contribution in [0.5, 0.6) is 0 Å². The summed E-state index contributed by atoms with van der Waals surface area (Å²) in [5.74, 6) is 1.10. The molecule has 4 aliphatic rings. The van der Waals surface area contributed by atoms with Crippen molar-refractivity contribution in [1.29, 1.82) is 0 Å². The lowest BCUT2D eigenvalue weighted by Gasteiger charge is -2.56. The van der Waals surface area contributed by atoms with E-state index in [1.165, 1.54) is 0 Å². The maximum absolute atomic E-state index is 11.6. The van der Waals surface area contributed by atoms with Crippen LogP contribution in [0.2, 0.25) is 0 Å². The Bertz CT molecular complexity index is 489. The Morgan fingerprint density at radius 3 is 2.64 bits per heavy atom. The molecule has 0 aromatic rings. The molecule has 0 radical (unpaired) electrons. The van der Waals surface area contributed by atoms with Crippen molar-refractivity contribution >= 4 is 0 Å². The van der Waals surface area contributed by atoms with Gasteiger partial charge in [-0.2, -0.15) is 0 Å². The molecule has 3 fully saturated rings. The van der Waals surface area contributed by atoms with Gasteiger partial charge in [-0.3, -0.25) is 0 Å². The number of fused-ring (bicyclic) bond motifs is 4. The van der Waals surface area contributed by atoms with Crippen molar-refractivity contribution in [3.63, 3.8) is 0 Å². The molecule has 0 bridgehead atoms. The molecule has 7 atom stereocenters. The zero-order valence-electron chi connectivity index (χ0n) is 13.7. The maximum Gasteiger partial charge on any atom is 0.0972 e. The molecule has 3 nitrogen and oxygen atoms in total. The molecular weight excluding hydrogens is 276 g/mol. The average molecular weight is 306 g/mol. The third kappa shape index (κ3) is 1.98. The molecule has 4 aliphatic carbocycles. The molecule has 4 rings (SSSR count). The quantitative estimate of drug-likeness (QED) is 0.603. The molecule has 0 aromatic carbocycles. The molecule has 0 aromatic heterocycles. The molecule has 124 valence electrons. The highest BCUT2D eigenvalue weighted by atomic mass is 16.4. The van der Waals surface area contributed by atoms with E-state index in [-0.39, 0.29) is 17.4 Å². The molecule has 3 saturated carbocycles. The van der Waals surface area contributed by atoms with Crippen LogP contribution in [0.4, 0.5) is 0 Å². The summed E-state index contributed by atoms with van der Waals surface area (Å²) in [5, 5.41) is 33.1. The Morgan fingerprint density at radius 2 is 1.82 bits per heavy atom. The summed E-state index contributed by atoms with van der Waals surface area (Å²) in [7, 11) is 0. The number of rotatable bonds is 0.